The summed E-state index contributed by atoms with van der Waals surface area (Å²) in [4.78, 5) is 15.0. The highest BCUT2D eigenvalue weighted by molar-refractivity contribution is 5.94. The molecule has 29 heavy (non-hydrogen) atoms. The molecule has 5 heteroatoms. The number of rotatable bonds is 7. The Labute approximate surface area is 173 Å². The van der Waals surface area contributed by atoms with E-state index in [0.29, 0.717) is 18.1 Å². The maximum Gasteiger partial charge on any atom is 0.253 e. The quantitative estimate of drug-likeness (QED) is 0.564. The Balaban J connectivity index is 1.60. The molecule has 1 heterocycles. The number of ether oxygens (including phenoxy) is 2. The van der Waals surface area contributed by atoms with Crippen LogP contribution in [0, 0.1) is 6.92 Å². The van der Waals surface area contributed by atoms with E-state index in [4.69, 9.17) is 9.47 Å². The van der Waals surface area contributed by atoms with Gasteiger partial charge in [-0.25, -0.2) is 0 Å². The maximum absolute atomic E-state index is 13.0. The van der Waals surface area contributed by atoms with Crippen LogP contribution in [0.2, 0.25) is 0 Å². The number of likely N-dealkylation sites (tertiary alicyclic amines) is 1. The molecule has 1 aliphatic heterocycles. The zero-order valence-electron chi connectivity index (χ0n) is 17.6. The minimum Gasteiger partial charge on any atom is -0.491 e. The zero-order valence-corrected chi connectivity index (χ0v) is 17.6. The topological polar surface area (TPSA) is 59.0 Å². The SMILES string of the molecule is Cc1cc(C(=O)N2CCCC(c3ccccc3)C2)ccc1OCCOC(C)(C)O. The molecule has 156 valence electrons. The van der Waals surface area contributed by atoms with Crippen LogP contribution >= 0.6 is 0 Å². The first-order valence-corrected chi connectivity index (χ1v) is 10.3. The molecule has 1 saturated heterocycles. The first kappa shape index (κ1) is 21.3. The molecule has 0 spiro atoms. The second-order valence-corrected chi connectivity index (χ2v) is 8.12. The van der Waals surface area contributed by atoms with Crippen molar-refractivity contribution >= 4 is 5.91 Å². The van der Waals surface area contributed by atoms with Crippen molar-refractivity contribution < 1.29 is 19.4 Å². The third-order valence-corrected chi connectivity index (χ3v) is 5.20. The molecule has 2 aromatic rings. The predicted molar refractivity (Wildman–Crippen MR) is 113 cm³/mol. The van der Waals surface area contributed by atoms with E-state index in [1.54, 1.807) is 13.8 Å². The summed E-state index contributed by atoms with van der Waals surface area (Å²) < 4.78 is 11.0. The number of aliphatic hydroxyl groups is 1. The van der Waals surface area contributed by atoms with Crippen LogP contribution in [0.4, 0.5) is 0 Å². The fraction of sp³-hybridized carbons (Fsp3) is 0.458. The van der Waals surface area contributed by atoms with E-state index in [2.05, 4.69) is 24.3 Å². The summed E-state index contributed by atoms with van der Waals surface area (Å²) in [6, 6.07) is 16.0. The Morgan fingerprint density at radius 1 is 1.17 bits per heavy atom. The highest BCUT2D eigenvalue weighted by Crippen LogP contribution is 2.28. The van der Waals surface area contributed by atoms with Gasteiger partial charge in [-0.15, -0.1) is 0 Å². The maximum atomic E-state index is 13.0. The van der Waals surface area contributed by atoms with E-state index in [9.17, 15) is 9.90 Å². The molecule has 5 nitrogen and oxygen atoms in total. The van der Waals surface area contributed by atoms with Crippen molar-refractivity contribution in [3.63, 3.8) is 0 Å². The van der Waals surface area contributed by atoms with Gasteiger partial charge in [0.05, 0.1) is 6.61 Å². The van der Waals surface area contributed by atoms with Gasteiger partial charge >= 0.3 is 0 Å². The molecule has 3 rings (SSSR count). The second kappa shape index (κ2) is 9.42. The summed E-state index contributed by atoms with van der Waals surface area (Å²) >= 11 is 0. The molecule has 0 radical (unpaired) electrons. The van der Waals surface area contributed by atoms with E-state index in [1.165, 1.54) is 5.56 Å². The monoisotopic (exact) mass is 397 g/mol. The number of carbonyl (C=O) groups excluding carboxylic acids is 1. The molecular formula is C24H31NO4. The molecule has 0 aromatic heterocycles. The van der Waals surface area contributed by atoms with Crippen LogP contribution in [0.5, 0.6) is 5.75 Å². The average molecular weight is 398 g/mol. The van der Waals surface area contributed by atoms with Crippen molar-refractivity contribution in [2.24, 2.45) is 0 Å². The number of aryl methyl sites for hydroxylation is 1. The van der Waals surface area contributed by atoms with Crippen molar-refractivity contribution in [3.05, 3.63) is 65.2 Å². The van der Waals surface area contributed by atoms with Crippen molar-refractivity contribution in [2.45, 2.75) is 45.3 Å². The lowest BCUT2D eigenvalue weighted by Gasteiger charge is -2.33. The first-order valence-electron chi connectivity index (χ1n) is 10.3. The van der Waals surface area contributed by atoms with Crippen LogP contribution in [0.1, 0.15) is 54.1 Å². The molecular weight excluding hydrogens is 366 g/mol. The second-order valence-electron chi connectivity index (χ2n) is 8.12. The number of hydrogen-bond acceptors (Lipinski definition) is 4. The summed E-state index contributed by atoms with van der Waals surface area (Å²) in [5, 5.41) is 9.56. The van der Waals surface area contributed by atoms with Crippen LogP contribution in [0.15, 0.2) is 48.5 Å². The minimum absolute atomic E-state index is 0.0747. The molecule has 0 aliphatic carbocycles. The highest BCUT2D eigenvalue weighted by atomic mass is 16.6. The predicted octanol–water partition coefficient (Wildman–Crippen LogP) is 4.14. The van der Waals surface area contributed by atoms with Gasteiger partial charge in [0.2, 0.25) is 0 Å². The minimum atomic E-state index is -1.17. The van der Waals surface area contributed by atoms with Gasteiger partial charge in [-0.3, -0.25) is 4.79 Å². The molecule has 1 unspecified atom stereocenters. The summed E-state index contributed by atoms with van der Waals surface area (Å²) in [7, 11) is 0. The van der Waals surface area contributed by atoms with Gasteiger partial charge < -0.3 is 19.5 Å². The van der Waals surface area contributed by atoms with Crippen molar-refractivity contribution in [1.29, 1.82) is 0 Å². The zero-order chi connectivity index (χ0) is 20.9. The Bertz CT molecular complexity index is 813. The van der Waals surface area contributed by atoms with Crippen LogP contribution < -0.4 is 4.74 Å². The standard InChI is InChI=1S/C24H31NO4/c1-18-16-20(11-12-22(18)28-14-15-29-24(2,3)27)23(26)25-13-7-10-21(17-25)19-8-5-4-6-9-19/h4-6,8-9,11-12,16,21,27H,7,10,13-15,17H2,1-3H3. The summed E-state index contributed by atoms with van der Waals surface area (Å²) in [6.45, 7) is 7.29. The summed E-state index contributed by atoms with van der Waals surface area (Å²) in [6.07, 6.45) is 2.14. The van der Waals surface area contributed by atoms with Crippen LogP contribution in [-0.2, 0) is 4.74 Å². The van der Waals surface area contributed by atoms with Gasteiger partial charge in [0.15, 0.2) is 5.79 Å². The first-order chi connectivity index (χ1) is 13.8. The van der Waals surface area contributed by atoms with E-state index in [0.717, 1.165) is 37.2 Å². The number of nitrogens with zero attached hydrogens (tertiary/aromatic N) is 1. The Morgan fingerprint density at radius 3 is 2.62 bits per heavy atom. The number of carbonyl (C=O) groups is 1. The molecule has 2 aromatic carbocycles. The van der Waals surface area contributed by atoms with E-state index < -0.39 is 5.79 Å². The number of benzene rings is 2. The van der Waals surface area contributed by atoms with Gasteiger partial charge in [0.25, 0.3) is 5.91 Å². The third kappa shape index (κ3) is 6.05. The Morgan fingerprint density at radius 2 is 1.93 bits per heavy atom. The third-order valence-electron chi connectivity index (χ3n) is 5.20. The average Bonchev–Trinajstić information content (AvgIpc) is 2.71. The van der Waals surface area contributed by atoms with Crippen LogP contribution in [0.3, 0.4) is 0 Å². The number of piperidine rings is 1. The number of amides is 1. The van der Waals surface area contributed by atoms with Gasteiger partial charge in [0, 0.05) is 24.6 Å². The Hall–Kier alpha value is -2.37. The lowest BCUT2D eigenvalue weighted by Crippen LogP contribution is -2.39. The lowest BCUT2D eigenvalue weighted by molar-refractivity contribution is -0.179. The Kier molecular flexibility index (Phi) is 6.93. The largest absolute Gasteiger partial charge is 0.491 e. The molecule has 0 saturated carbocycles. The molecule has 1 atom stereocenters. The normalized spacial score (nSPS) is 17.2. The molecule has 0 bridgehead atoms. The van der Waals surface area contributed by atoms with Crippen molar-refractivity contribution in [3.8, 4) is 5.75 Å². The van der Waals surface area contributed by atoms with Crippen molar-refractivity contribution in [2.75, 3.05) is 26.3 Å². The van der Waals surface area contributed by atoms with Crippen molar-refractivity contribution in [1.82, 2.24) is 4.90 Å². The van der Waals surface area contributed by atoms with Gasteiger partial charge in [-0.2, -0.15) is 0 Å². The number of hydrogen-bond donors (Lipinski definition) is 1. The molecule has 1 fully saturated rings. The fourth-order valence-electron chi connectivity index (χ4n) is 3.73. The van der Waals surface area contributed by atoms with Gasteiger partial charge in [-0.1, -0.05) is 30.3 Å². The summed E-state index contributed by atoms with van der Waals surface area (Å²) in [5.41, 5.74) is 2.91. The highest BCUT2D eigenvalue weighted by Gasteiger charge is 2.25. The van der Waals surface area contributed by atoms with E-state index >= 15 is 0 Å². The van der Waals surface area contributed by atoms with Gasteiger partial charge in [-0.05, 0) is 62.9 Å². The van der Waals surface area contributed by atoms with Crippen LogP contribution in [0.25, 0.3) is 0 Å². The van der Waals surface area contributed by atoms with Gasteiger partial charge in [0.1, 0.15) is 12.4 Å². The molecule has 1 amide bonds. The molecule has 1 N–H and O–H groups in total. The van der Waals surface area contributed by atoms with E-state index in [1.807, 2.05) is 36.1 Å². The lowest BCUT2D eigenvalue weighted by atomic mass is 9.90. The van der Waals surface area contributed by atoms with E-state index in [-0.39, 0.29) is 12.5 Å². The van der Waals surface area contributed by atoms with Crippen LogP contribution in [-0.4, -0.2) is 48.0 Å². The smallest absolute Gasteiger partial charge is 0.253 e. The summed E-state index contributed by atoms with van der Waals surface area (Å²) in [5.74, 6) is 0.0292. The molecule has 1 aliphatic rings. The fourth-order valence-corrected chi connectivity index (χ4v) is 3.73.